The highest BCUT2D eigenvalue weighted by molar-refractivity contribution is 6.04. The minimum absolute atomic E-state index is 0.0672. The largest absolute Gasteiger partial charge is 0.381 e. The number of carbonyl (C=O) groups is 1. The fourth-order valence-electron chi connectivity index (χ4n) is 5.44. The fraction of sp³-hybridized carbons (Fsp3) is 0.156. The summed E-state index contributed by atoms with van der Waals surface area (Å²) in [6.45, 7) is 3.56. The van der Waals surface area contributed by atoms with Gasteiger partial charge in [-0.2, -0.15) is 0 Å². The third kappa shape index (κ3) is 4.60. The van der Waals surface area contributed by atoms with Crippen molar-refractivity contribution in [3.8, 4) is 17.5 Å². The molecule has 212 valence electrons. The minimum atomic E-state index is -0.585. The van der Waals surface area contributed by atoms with E-state index in [0.717, 1.165) is 11.5 Å². The molecule has 0 radical (unpaired) electrons. The van der Waals surface area contributed by atoms with Crippen LogP contribution in [0.2, 0.25) is 0 Å². The SMILES string of the molecule is C[C@H](NC(=O)c1c(N)nn2cccnc12)c1cc2cccc(C#Cc3cnc4n3CCOC4)c2c(=O)n1-c1ccccc1. The Kier molecular flexibility index (Phi) is 6.45. The Morgan fingerprint density at radius 1 is 1.09 bits per heavy atom. The van der Waals surface area contributed by atoms with Crippen molar-refractivity contribution in [3.63, 3.8) is 0 Å². The molecule has 2 aromatic carbocycles. The van der Waals surface area contributed by atoms with Gasteiger partial charge in [0.1, 0.15) is 23.7 Å². The lowest BCUT2D eigenvalue weighted by Crippen LogP contribution is -2.32. The maximum absolute atomic E-state index is 14.3. The van der Waals surface area contributed by atoms with E-state index in [0.29, 0.717) is 53.1 Å². The first-order valence-electron chi connectivity index (χ1n) is 13.8. The molecular weight excluding hydrogens is 544 g/mol. The molecule has 1 amide bonds. The molecule has 0 bridgehead atoms. The standard InChI is InChI=1S/C32H26N8O3/c1-20(36-31(41)28-29(33)37-39-14-6-13-34-30(28)39)25-17-22-8-5-7-21(11-12-24-18-35-26-19-43-16-15-38(24)26)27(22)32(42)40(25)23-9-3-2-4-10-23/h2-10,13-14,17-18,20H,15-16,19H2,1H3,(H2,33,37)(H,36,41)/t20-/m0/s1. The summed E-state index contributed by atoms with van der Waals surface area (Å²) >= 11 is 0. The molecular formula is C32H26N8O3. The molecule has 1 atom stereocenters. The minimum Gasteiger partial charge on any atom is -0.381 e. The van der Waals surface area contributed by atoms with Crippen molar-refractivity contribution in [2.75, 3.05) is 12.3 Å². The van der Waals surface area contributed by atoms with Crippen LogP contribution in [0, 0.1) is 11.8 Å². The summed E-state index contributed by atoms with van der Waals surface area (Å²) in [4.78, 5) is 36.5. The normalized spacial score (nSPS) is 13.3. The van der Waals surface area contributed by atoms with Gasteiger partial charge in [-0.15, -0.1) is 5.10 Å². The molecule has 1 aliphatic heterocycles. The number of para-hydroxylation sites is 1. The summed E-state index contributed by atoms with van der Waals surface area (Å²) < 4.78 is 10.6. The van der Waals surface area contributed by atoms with E-state index in [1.807, 2.05) is 66.1 Å². The molecule has 0 aliphatic carbocycles. The Labute approximate surface area is 245 Å². The van der Waals surface area contributed by atoms with Gasteiger partial charge in [-0.1, -0.05) is 36.3 Å². The number of imidazole rings is 1. The van der Waals surface area contributed by atoms with Gasteiger partial charge in [0.2, 0.25) is 0 Å². The van der Waals surface area contributed by atoms with Crippen molar-refractivity contribution in [1.82, 2.24) is 34.0 Å². The van der Waals surface area contributed by atoms with Crippen LogP contribution in [-0.4, -0.2) is 41.2 Å². The predicted molar refractivity (Wildman–Crippen MR) is 161 cm³/mol. The van der Waals surface area contributed by atoms with Gasteiger partial charge < -0.3 is 20.4 Å². The summed E-state index contributed by atoms with van der Waals surface area (Å²) in [7, 11) is 0. The molecule has 7 rings (SSSR count). The number of carbonyl (C=O) groups excluding carboxylic acids is 1. The van der Waals surface area contributed by atoms with E-state index >= 15 is 0 Å². The quantitative estimate of drug-likeness (QED) is 0.311. The van der Waals surface area contributed by atoms with Crippen LogP contribution >= 0.6 is 0 Å². The van der Waals surface area contributed by atoms with Gasteiger partial charge in [0.15, 0.2) is 11.5 Å². The number of amides is 1. The van der Waals surface area contributed by atoms with E-state index in [2.05, 4.69) is 32.2 Å². The zero-order valence-corrected chi connectivity index (χ0v) is 23.2. The van der Waals surface area contributed by atoms with Crippen LogP contribution in [0.15, 0.2) is 84.0 Å². The van der Waals surface area contributed by atoms with Crippen LogP contribution in [0.4, 0.5) is 5.82 Å². The first-order valence-corrected chi connectivity index (χ1v) is 13.8. The maximum Gasteiger partial charge on any atom is 0.264 e. The number of hydrogen-bond donors (Lipinski definition) is 2. The van der Waals surface area contributed by atoms with Gasteiger partial charge in [0.25, 0.3) is 11.5 Å². The van der Waals surface area contributed by atoms with Crippen molar-refractivity contribution in [1.29, 1.82) is 0 Å². The molecule has 11 nitrogen and oxygen atoms in total. The number of pyridine rings is 1. The lowest BCUT2D eigenvalue weighted by atomic mass is 10.0. The third-order valence-electron chi connectivity index (χ3n) is 7.48. The van der Waals surface area contributed by atoms with Crippen molar-refractivity contribution in [2.45, 2.75) is 26.1 Å². The molecule has 4 aromatic heterocycles. The summed E-state index contributed by atoms with van der Waals surface area (Å²) in [5, 5.41) is 8.39. The van der Waals surface area contributed by atoms with Gasteiger partial charge in [0.05, 0.1) is 24.2 Å². The van der Waals surface area contributed by atoms with Gasteiger partial charge in [-0.25, -0.2) is 14.5 Å². The maximum atomic E-state index is 14.3. The lowest BCUT2D eigenvalue weighted by molar-refractivity contribution is 0.0813. The molecule has 0 fully saturated rings. The second kappa shape index (κ2) is 10.6. The van der Waals surface area contributed by atoms with Gasteiger partial charge in [-0.05, 0) is 48.6 Å². The van der Waals surface area contributed by atoms with Gasteiger partial charge in [0, 0.05) is 35.9 Å². The number of aromatic nitrogens is 6. The number of nitrogens with one attached hydrogen (secondary N) is 1. The molecule has 0 saturated heterocycles. The number of hydrogen-bond acceptors (Lipinski definition) is 7. The highest BCUT2D eigenvalue weighted by Gasteiger charge is 2.24. The lowest BCUT2D eigenvalue weighted by Gasteiger charge is -2.21. The average Bonchev–Trinajstić information content (AvgIpc) is 3.60. The van der Waals surface area contributed by atoms with E-state index in [1.165, 1.54) is 4.52 Å². The van der Waals surface area contributed by atoms with Crippen LogP contribution in [-0.2, 0) is 17.9 Å². The smallest absolute Gasteiger partial charge is 0.264 e. The summed E-state index contributed by atoms with van der Waals surface area (Å²) in [6.07, 6.45) is 4.98. The summed E-state index contributed by atoms with van der Waals surface area (Å²) in [6, 6.07) is 17.9. The van der Waals surface area contributed by atoms with E-state index in [-0.39, 0.29) is 16.9 Å². The zero-order valence-electron chi connectivity index (χ0n) is 23.2. The monoisotopic (exact) mass is 570 g/mol. The third-order valence-corrected chi connectivity index (χ3v) is 7.48. The molecule has 5 heterocycles. The number of ether oxygens (including phenoxy) is 1. The van der Waals surface area contributed by atoms with Crippen LogP contribution in [0.1, 0.15) is 46.1 Å². The molecule has 6 aromatic rings. The highest BCUT2D eigenvalue weighted by atomic mass is 16.5. The molecule has 0 saturated carbocycles. The van der Waals surface area contributed by atoms with E-state index < -0.39 is 11.9 Å². The first-order chi connectivity index (χ1) is 21.0. The predicted octanol–water partition coefficient (Wildman–Crippen LogP) is 3.23. The fourth-order valence-corrected chi connectivity index (χ4v) is 5.44. The molecule has 1 aliphatic rings. The summed E-state index contributed by atoms with van der Waals surface area (Å²) in [5.74, 6) is 6.89. The van der Waals surface area contributed by atoms with Crippen molar-refractivity contribution >= 4 is 28.1 Å². The van der Waals surface area contributed by atoms with E-state index in [1.54, 1.807) is 29.2 Å². The number of benzene rings is 2. The molecule has 43 heavy (non-hydrogen) atoms. The molecule has 11 heteroatoms. The number of fused-ring (bicyclic) bond motifs is 3. The van der Waals surface area contributed by atoms with Crippen LogP contribution in [0.3, 0.4) is 0 Å². The van der Waals surface area contributed by atoms with E-state index in [4.69, 9.17) is 10.5 Å². The number of nitrogens with zero attached hydrogens (tertiary/aromatic N) is 6. The van der Waals surface area contributed by atoms with Gasteiger partial charge in [-0.3, -0.25) is 14.2 Å². The zero-order chi connectivity index (χ0) is 29.5. The Bertz CT molecular complexity index is 2150. The van der Waals surface area contributed by atoms with Crippen molar-refractivity contribution in [2.24, 2.45) is 0 Å². The summed E-state index contributed by atoms with van der Waals surface area (Å²) in [5.41, 5.74) is 9.00. The Morgan fingerprint density at radius 3 is 2.81 bits per heavy atom. The van der Waals surface area contributed by atoms with Gasteiger partial charge >= 0.3 is 0 Å². The molecule has 3 N–H and O–H groups in total. The topological polar surface area (TPSA) is 134 Å². The highest BCUT2D eigenvalue weighted by Crippen LogP contribution is 2.24. The molecule has 0 spiro atoms. The average molecular weight is 571 g/mol. The van der Waals surface area contributed by atoms with Crippen molar-refractivity contribution in [3.05, 3.63) is 118 Å². The first kappa shape index (κ1) is 26.2. The van der Waals surface area contributed by atoms with Crippen molar-refractivity contribution < 1.29 is 9.53 Å². The van der Waals surface area contributed by atoms with Crippen LogP contribution < -0.4 is 16.6 Å². The second-order valence-corrected chi connectivity index (χ2v) is 10.2. The number of rotatable bonds is 4. The Hall–Kier alpha value is -5.73. The Morgan fingerprint density at radius 2 is 1.95 bits per heavy atom. The van der Waals surface area contributed by atoms with Crippen LogP contribution in [0.5, 0.6) is 0 Å². The second-order valence-electron chi connectivity index (χ2n) is 10.2. The Balaban J connectivity index is 1.33. The van der Waals surface area contributed by atoms with E-state index in [9.17, 15) is 9.59 Å². The number of anilines is 1. The van der Waals surface area contributed by atoms with Crippen LogP contribution in [0.25, 0.3) is 22.1 Å². The number of nitrogen functional groups attached to an aromatic ring is 1. The molecule has 0 unspecified atom stereocenters. The number of nitrogens with two attached hydrogens (primary N) is 1.